The van der Waals surface area contributed by atoms with Crippen molar-refractivity contribution in [3.05, 3.63) is 29.8 Å². The van der Waals surface area contributed by atoms with Crippen LogP contribution in [0.4, 0.5) is 0 Å². The zero-order valence-electron chi connectivity index (χ0n) is 34.5. The second-order valence-corrected chi connectivity index (χ2v) is 17.8. The van der Waals surface area contributed by atoms with Crippen molar-refractivity contribution in [2.45, 2.75) is 192 Å². The molecule has 5 N–H and O–H groups in total. The average molecular weight is 773 g/mol. The number of phenols is 1. The highest BCUT2D eigenvalue weighted by Crippen LogP contribution is 2.38. The Kier molecular flexibility index (Phi) is 15.6. The molecule has 0 aromatic heterocycles. The number of ether oxygens (including phenoxy) is 8. The van der Waals surface area contributed by atoms with Crippen LogP contribution < -0.4 is 0 Å². The number of aliphatic hydroxyl groups is 4. The number of aliphatic hydroxyl groups excluding tert-OH is 4. The smallest absolute Gasteiger partial charge is 0.338 e. The normalized spacial score (nSPS) is 30.3. The van der Waals surface area contributed by atoms with Crippen molar-refractivity contribution < 1.29 is 68.2 Å². The summed E-state index contributed by atoms with van der Waals surface area (Å²) < 4.78 is 48.6. The maximum absolute atomic E-state index is 13.6. The molecule has 8 unspecified atom stereocenters. The molecule has 1 aromatic carbocycles. The Hall–Kier alpha value is -1.95. The second-order valence-electron chi connectivity index (χ2n) is 17.8. The number of aromatic hydroxyl groups is 1. The highest BCUT2D eigenvalue weighted by molar-refractivity contribution is 5.76. The number of hydrogen-bond donors (Lipinski definition) is 5. The molecule has 14 nitrogen and oxygen atoms in total. The molecule has 0 amide bonds. The Morgan fingerprint density at radius 1 is 0.722 bits per heavy atom. The minimum absolute atomic E-state index is 0.0654. The predicted octanol–water partition coefficient (Wildman–Crippen LogP) is 3.58. The highest BCUT2D eigenvalue weighted by Gasteiger charge is 2.55. The highest BCUT2D eigenvalue weighted by atomic mass is 16.6. The third-order valence-electron chi connectivity index (χ3n) is 10.1. The van der Waals surface area contributed by atoms with Crippen LogP contribution in [0.25, 0.3) is 0 Å². The maximum atomic E-state index is 13.6. The van der Waals surface area contributed by atoms with Crippen LogP contribution in [0.1, 0.15) is 101 Å². The Bertz CT molecular complexity index is 1320. The van der Waals surface area contributed by atoms with Gasteiger partial charge in [0.25, 0.3) is 0 Å². The van der Waals surface area contributed by atoms with Crippen molar-refractivity contribution in [3.63, 3.8) is 0 Å². The van der Waals surface area contributed by atoms with Gasteiger partial charge in [0, 0.05) is 20.1 Å². The van der Waals surface area contributed by atoms with Crippen LogP contribution in [0.5, 0.6) is 5.75 Å². The molecular formula is C40H68O14. The molecule has 2 fully saturated rings. The van der Waals surface area contributed by atoms with Gasteiger partial charge in [-0.05, 0) is 107 Å². The summed E-state index contributed by atoms with van der Waals surface area (Å²) in [5.41, 5.74) is -3.86. The summed E-state index contributed by atoms with van der Waals surface area (Å²) in [7, 11) is 1.44. The predicted molar refractivity (Wildman–Crippen MR) is 199 cm³/mol. The molecule has 54 heavy (non-hydrogen) atoms. The van der Waals surface area contributed by atoms with Crippen LogP contribution in [0.3, 0.4) is 0 Å². The molecule has 2 saturated heterocycles. The van der Waals surface area contributed by atoms with Crippen LogP contribution in [0.2, 0.25) is 0 Å². The SMILES string of the molecule is CCOC(C)(C)CC1OC(C(C)(C)OCCC(C)(C)O[C@@H]2C(C(=O)OCc3ccc(O)cc3)OC(C(C)(C)OC)C(O)C2O)C(O)C(O)[C@@H]1OC(C)(C)C. The van der Waals surface area contributed by atoms with E-state index in [2.05, 4.69) is 0 Å². The molecular weight excluding hydrogens is 704 g/mol. The van der Waals surface area contributed by atoms with E-state index in [1.165, 1.54) is 19.2 Å². The van der Waals surface area contributed by atoms with Gasteiger partial charge < -0.3 is 63.4 Å². The molecule has 2 aliphatic rings. The molecule has 3 rings (SSSR count). The van der Waals surface area contributed by atoms with Crippen molar-refractivity contribution in [1.82, 2.24) is 0 Å². The molecule has 2 heterocycles. The Balaban J connectivity index is 1.76. The van der Waals surface area contributed by atoms with E-state index >= 15 is 0 Å². The maximum Gasteiger partial charge on any atom is 0.338 e. The lowest BCUT2D eigenvalue weighted by Crippen LogP contribution is -2.66. The number of hydrogen-bond acceptors (Lipinski definition) is 14. The fourth-order valence-corrected chi connectivity index (χ4v) is 6.95. The fraction of sp³-hybridized carbons (Fsp3) is 0.825. The third kappa shape index (κ3) is 12.3. The van der Waals surface area contributed by atoms with E-state index in [-0.39, 0.29) is 25.4 Å². The molecule has 0 bridgehead atoms. The van der Waals surface area contributed by atoms with Crippen molar-refractivity contribution in [2.75, 3.05) is 20.3 Å². The first-order valence-electron chi connectivity index (χ1n) is 18.9. The molecule has 0 saturated carbocycles. The summed E-state index contributed by atoms with van der Waals surface area (Å²) in [4.78, 5) is 13.6. The Morgan fingerprint density at radius 3 is 1.81 bits per heavy atom. The van der Waals surface area contributed by atoms with Gasteiger partial charge in [-0.2, -0.15) is 0 Å². The van der Waals surface area contributed by atoms with Crippen molar-refractivity contribution in [2.24, 2.45) is 0 Å². The van der Waals surface area contributed by atoms with Gasteiger partial charge in [0.1, 0.15) is 61.2 Å². The summed E-state index contributed by atoms with van der Waals surface area (Å²) in [6.45, 7) is 22.2. The summed E-state index contributed by atoms with van der Waals surface area (Å²) in [6, 6.07) is 6.16. The molecule has 2 aliphatic heterocycles. The lowest BCUT2D eigenvalue weighted by atomic mass is 9.83. The zero-order chi connectivity index (χ0) is 41.0. The molecule has 0 aliphatic carbocycles. The lowest BCUT2D eigenvalue weighted by molar-refractivity contribution is -0.297. The molecule has 0 radical (unpaired) electrons. The van der Waals surface area contributed by atoms with Gasteiger partial charge >= 0.3 is 5.97 Å². The quantitative estimate of drug-likeness (QED) is 0.144. The Morgan fingerprint density at radius 2 is 1.28 bits per heavy atom. The fourth-order valence-electron chi connectivity index (χ4n) is 6.95. The first-order chi connectivity index (χ1) is 24.7. The van der Waals surface area contributed by atoms with E-state index in [4.69, 9.17) is 37.9 Å². The first kappa shape index (κ1) is 46.4. The van der Waals surface area contributed by atoms with Gasteiger partial charge in [0.15, 0.2) is 6.10 Å². The average Bonchev–Trinajstić information content (AvgIpc) is 3.05. The van der Waals surface area contributed by atoms with Gasteiger partial charge in [0.2, 0.25) is 0 Å². The monoisotopic (exact) mass is 772 g/mol. The van der Waals surface area contributed by atoms with Crippen LogP contribution >= 0.6 is 0 Å². The molecule has 1 aromatic rings. The number of rotatable bonds is 17. The number of carbonyl (C=O) groups excluding carboxylic acids is 1. The van der Waals surface area contributed by atoms with Crippen molar-refractivity contribution in [1.29, 1.82) is 0 Å². The molecule has 10 atom stereocenters. The van der Waals surface area contributed by atoms with E-state index < -0.39 is 95.0 Å². The van der Waals surface area contributed by atoms with E-state index in [0.29, 0.717) is 18.6 Å². The van der Waals surface area contributed by atoms with Crippen LogP contribution in [-0.2, 0) is 49.3 Å². The van der Waals surface area contributed by atoms with E-state index in [1.807, 2.05) is 41.5 Å². The molecule has 14 heteroatoms. The van der Waals surface area contributed by atoms with Crippen LogP contribution in [-0.4, -0.2) is 141 Å². The van der Waals surface area contributed by atoms with E-state index in [1.54, 1.807) is 53.7 Å². The summed E-state index contributed by atoms with van der Waals surface area (Å²) in [5, 5.41) is 55.0. The summed E-state index contributed by atoms with van der Waals surface area (Å²) >= 11 is 0. The Labute approximate surface area is 321 Å². The molecule has 312 valence electrons. The van der Waals surface area contributed by atoms with E-state index in [9.17, 15) is 30.3 Å². The summed E-state index contributed by atoms with van der Waals surface area (Å²) in [6.07, 6.45) is -11.3. The van der Waals surface area contributed by atoms with Crippen LogP contribution in [0.15, 0.2) is 24.3 Å². The van der Waals surface area contributed by atoms with Crippen molar-refractivity contribution in [3.8, 4) is 5.75 Å². The number of esters is 1. The van der Waals surface area contributed by atoms with E-state index in [0.717, 1.165) is 0 Å². The van der Waals surface area contributed by atoms with Gasteiger partial charge in [-0.1, -0.05) is 12.1 Å². The minimum Gasteiger partial charge on any atom is -0.508 e. The molecule has 0 spiro atoms. The third-order valence-corrected chi connectivity index (χ3v) is 10.1. The van der Waals surface area contributed by atoms with Gasteiger partial charge in [-0.25, -0.2) is 4.79 Å². The van der Waals surface area contributed by atoms with Gasteiger partial charge in [-0.15, -0.1) is 0 Å². The topological polar surface area (TPSA) is 192 Å². The summed E-state index contributed by atoms with van der Waals surface area (Å²) in [5.74, 6) is -0.752. The van der Waals surface area contributed by atoms with Gasteiger partial charge in [0.05, 0.1) is 40.7 Å². The standard InChI is InChI=1S/C40H68O14/c1-14-49-38(7,8)21-25-30(53-36(2,3)4)26(42)28(44)34(51-25)40(11,12)50-20-19-37(5,6)54-31-27(43)29(45)33(39(9,10)47-13)52-32(31)35(46)48-22-23-15-17-24(41)18-16-23/h15-18,25-34,41-45H,14,19-22H2,1-13H3/t25?,26?,27?,28?,29?,30-,31+,32?,33?,34?/m1/s1. The number of phenolic OH excluding ortho intramolecular Hbond substituents is 1. The van der Waals surface area contributed by atoms with Crippen LogP contribution in [0, 0.1) is 0 Å². The number of carbonyl (C=O) groups is 1. The number of benzene rings is 1. The minimum atomic E-state index is -1.56. The lowest BCUT2D eigenvalue weighted by Gasteiger charge is -2.50. The first-order valence-corrected chi connectivity index (χ1v) is 18.9. The largest absolute Gasteiger partial charge is 0.508 e. The number of methoxy groups -OCH3 is 1. The van der Waals surface area contributed by atoms with Gasteiger partial charge in [-0.3, -0.25) is 0 Å². The second kappa shape index (κ2) is 18.1. The zero-order valence-corrected chi connectivity index (χ0v) is 34.5. The van der Waals surface area contributed by atoms with Crippen molar-refractivity contribution >= 4 is 5.97 Å².